The number of esters is 1. The molecule has 9 nitrogen and oxygen atoms in total. The minimum absolute atomic E-state index is 0.317. The van der Waals surface area contributed by atoms with Gasteiger partial charge in [0.1, 0.15) is 16.5 Å². The number of hydrogen-bond acceptors (Lipinski definition) is 8. The van der Waals surface area contributed by atoms with E-state index in [2.05, 4.69) is 15.6 Å². The van der Waals surface area contributed by atoms with Crippen LogP contribution in [-0.2, 0) is 22.4 Å². The highest BCUT2D eigenvalue weighted by molar-refractivity contribution is 7.17. The van der Waals surface area contributed by atoms with Gasteiger partial charge in [-0.25, -0.2) is 4.79 Å². The Hall–Kier alpha value is -3.92. The number of pyridine rings is 1. The Morgan fingerprint density at radius 1 is 1.03 bits per heavy atom. The van der Waals surface area contributed by atoms with Crippen LogP contribution in [0.5, 0.6) is 11.5 Å². The van der Waals surface area contributed by atoms with Gasteiger partial charge in [-0.1, -0.05) is 0 Å². The van der Waals surface area contributed by atoms with E-state index < -0.39 is 18.5 Å². The molecule has 0 aliphatic heterocycles. The number of methoxy groups -OCH3 is 2. The van der Waals surface area contributed by atoms with Crippen LogP contribution >= 0.6 is 11.3 Å². The van der Waals surface area contributed by atoms with Crippen molar-refractivity contribution in [1.29, 1.82) is 0 Å². The number of aryl methyl sites for hydroxylation is 1. The number of hydrogen-bond donors (Lipinski definition) is 2. The van der Waals surface area contributed by atoms with E-state index in [-0.39, 0.29) is 5.91 Å². The lowest BCUT2D eigenvalue weighted by Gasteiger charge is -2.13. The maximum Gasteiger partial charge on any atom is 0.341 e. The zero-order valence-electron chi connectivity index (χ0n) is 19.4. The fourth-order valence-electron chi connectivity index (χ4n) is 3.82. The molecule has 2 aromatic heterocycles. The van der Waals surface area contributed by atoms with Crippen LogP contribution in [0.1, 0.15) is 44.0 Å². The molecule has 0 radical (unpaired) electrons. The number of amides is 2. The number of thiophene rings is 1. The second-order valence-electron chi connectivity index (χ2n) is 7.84. The second kappa shape index (κ2) is 11.0. The van der Waals surface area contributed by atoms with Gasteiger partial charge in [0.2, 0.25) is 0 Å². The van der Waals surface area contributed by atoms with Crippen molar-refractivity contribution < 1.29 is 28.6 Å². The van der Waals surface area contributed by atoms with Crippen LogP contribution in [0.15, 0.2) is 42.7 Å². The van der Waals surface area contributed by atoms with Gasteiger partial charge in [-0.3, -0.25) is 14.6 Å². The molecule has 0 spiro atoms. The van der Waals surface area contributed by atoms with Gasteiger partial charge >= 0.3 is 5.97 Å². The molecule has 2 heterocycles. The van der Waals surface area contributed by atoms with E-state index in [1.54, 1.807) is 36.5 Å². The molecular formula is C25H25N3O6S. The van der Waals surface area contributed by atoms with E-state index in [9.17, 15) is 14.4 Å². The number of anilines is 2. The van der Waals surface area contributed by atoms with Crippen LogP contribution in [0.3, 0.4) is 0 Å². The molecule has 10 heteroatoms. The van der Waals surface area contributed by atoms with E-state index in [4.69, 9.17) is 14.2 Å². The first-order chi connectivity index (χ1) is 17.0. The van der Waals surface area contributed by atoms with Gasteiger partial charge < -0.3 is 24.8 Å². The molecule has 2 amide bonds. The number of carbonyl (C=O) groups excluding carboxylic acids is 3. The highest BCUT2D eigenvalue weighted by Gasteiger charge is 2.28. The summed E-state index contributed by atoms with van der Waals surface area (Å²) < 4.78 is 15.8. The molecule has 0 bridgehead atoms. The summed E-state index contributed by atoms with van der Waals surface area (Å²) in [5.74, 6) is -0.510. The number of benzene rings is 1. The Bertz CT molecular complexity index is 1220. The molecule has 35 heavy (non-hydrogen) atoms. The van der Waals surface area contributed by atoms with Crippen LogP contribution in [0.2, 0.25) is 0 Å². The standard InChI is InChI=1S/C25H25N3O6S/c1-32-17-10-16(11-18(12-17)33-2)27-21(29)14-34-25(31)22-19-7-3-4-8-20(19)35-24(22)28-23(30)15-6-5-9-26-13-15/h5-6,9-13H,3-4,7-8,14H2,1-2H3,(H,27,29)(H,28,30). The van der Waals surface area contributed by atoms with Crippen molar-refractivity contribution in [2.24, 2.45) is 0 Å². The lowest BCUT2D eigenvalue weighted by Crippen LogP contribution is -2.22. The van der Waals surface area contributed by atoms with Crippen molar-refractivity contribution in [3.63, 3.8) is 0 Å². The number of fused-ring (bicyclic) bond motifs is 1. The first kappa shape index (κ1) is 24.2. The van der Waals surface area contributed by atoms with Crippen LogP contribution in [-0.4, -0.2) is 43.6 Å². The molecule has 0 atom stereocenters. The van der Waals surface area contributed by atoms with E-state index >= 15 is 0 Å². The molecule has 1 aliphatic carbocycles. The van der Waals surface area contributed by atoms with Crippen LogP contribution in [0.25, 0.3) is 0 Å². The molecule has 1 aliphatic rings. The zero-order chi connectivity index (χ0) is 24.8. The SMILES string of the molecule is COc1cc(NC(=O)COC(=O)c2c(NC(=O)c3cccnc3)sc3c2CCCC3)cc(OC)c1. The van der Waals surface area contributed by atoms with E-state index in [0.717, 1.165) is 36.1 Å². The molecular weight excluding hydrogens is 470 g/mol. The fourth-order valence-corrected chi connectivity index (χ4v) is 5.09. The van der Waals surface area contributed by atoms with Crippen molar-refractivity contribution in [3.8, 4) is 11.5 Å². The van der Waals surface area contributed by atoms with Crippen molar-refractivity contribution in [2.45, 2.75) is 25.7 Å². The lowest BCUT2D eigenvalue weighted by molar-refractivity contribution is -0.119. The molecule has 0 fully saturated rings. The molecule has 0 saturated heterocycles. The van der Waals surface area contributed by atoms with Crippen LogP contribution in [0.4, 0.5) is 10.7 Å². The minimum atomic E-state index is -0.649. The van der Waals surface area contributed by atoms with E-state index in [1.807, 2.05) is 0 Å². The third kappa shape index (κ3) is 5.78. The molecule has 3 aromatic rings. The Morgan fingerprint density at radius 3 is 2.46 bits per heavy atom. The number of carbonyl (C=O) groups is 3. The quantitative estimate of drug-likeness (QED) is 0.452. The smallest absolute Gasteiger partial charge is 0.341 e. The van der Waals surface area contributed by atoms with Gasteiger partial charge in [-0.05, 0) is 43.4 Å². The predicted octanol–water partition coefficient (Wildman–Crippen LogP) is 4.09. The summed E-state index contributed by atoms with van der Waals surface area (Å²) in [6.07, 6.45) is 6.55. The summed E-state index contributed by atoms with van der Waals surface area (Å²) in [7, 11) is 3.02. The zero-order valence-corrected chi connectivity index (χ0v) is 20.2. The monoisotopic (exact) mass is 495 g/mol. The van der Waals surface area contributed by atoms with Gasteiger partial charge in [0, 0.05) is 41.2 Å². The Morgan fingerprint density at radius 2 is 1.77 bits per heavy atom. The summed E-state index contributed by atoms with van der Waals surface area (Å²) >= 11 is 1.38. The van der Waals surface area contributed by atoms with Gasteiger partial charge in [-0.2, -0.15) is 0 Å². The topological polar surface area (TPSA) is 116 Å². The van der Waals surface area contributed by atoms with Crippen LogP contribution in [0, 0.1) is 0 Å². The van der Waals surface area contributed by atoms with Crippen molar-refractivity contribution in [1.82, 2.24) is 4.98 Å². The summed E-state index contributed by atoms with van der Waals surface area (Å²) in [4.78, 5) is 43.3. The highest BCUT2D eigenvalue weighted by Crippen LogP contribution is 2.38. The van der Waals surface area contributed by atoms with Gasteiger partial charge in [-0.15, -0.1) is 11.3 Å². The summed E-state index contributed by atoms with van der Waals surface area (Å²) in [6, 6.07) is 8.25. The number of nitrogens with zero attached hydrogens (tertiary/aromatic N) is 1. The molecule has 182 valence electrons. The fraction of sp³-hybridized carbons (Fsp3) is 0.280. The van der Waals surface area contributed by atoms with Gasteiger partial charge in [0.15, 0.2) is 6.61 Å². The molecule has 0 unspecified atom stereocenters. The normalized spacial score (nSPS) is 12.3. The number of rotatable bonds is 8. The molecule has 0 saturated carbocycles. The first-order valence-corrected chi connectivity index (χ1v) is 11.9. The maximum absolute atomic E-state index is 13.1. The average Bonchev–Trinajstić information content (AvgIpc) is 3.25. The van der Waals surface area contributed by atoms with Crippen molar-refractivity contribution in [3.05, 3.63) is 64.3 Å². The summed E-state index contributed by atoms with van der Waals surface area (Å²) in [6.45, 7) is -0.487. The number of nitrogens with one attached hydrogen (secondary N) is 2. The third-order valence-electron chi connectivity index (χ3n) is 5.50. The number of aromatic nitrogens is 1. The Labute approximate surface area is 206 Å². The van der Waals surface area contributed by atoms with Crippen LogP contribution < -0.4 is 20.1 Å². The third-order valence-corrected chi connectivity index (χ3v) is 6.70. The molecule has 2 N–H and O–H groups in total. The largest absolute Gasteiger partial charge is 0.497 e. The lowest BCUT2D eigenvalue weighted by atomic mass is 9.95. The van der Waals surface area contributed by atoms with E-state index in [1.165, 1.54) is 31.8 Å². The van der Waals surface area contributed by atoms with Gasteiger partial charge in [0.05, 0.1) is 25.3 Å². The first-order valence-electron chi connectivity index (χ1n) is 11.0. The average molecular weight is 496 g/mol. The maximum atomic E-state index is 13.1. The Kier molecular flexibility index (Phi) is 7.61. The number of ether oxygens (including phenoxy) is 3. The Balaban J connectivity index is 1.47. The van der Waals surface area contributed by atoms with Gasteiger partial charge in [0.25, 0.3) is 11.8 Å². The molecule has 4 rings (SSSR count). The highest BCUT2D eigenvalue weighted by atomic mass is 32.1. The summed E-state index contributed by atoms with van der Waals surface area (Å²) in [5, 5.41) is 5.93. The molecule has 1 aromatic carbocycles. The second-order valence-corrected chi connectivity index (χ2v) is 8.94. The predicted molar refractivity (Wildman–Crippen MR) is 132 cm³/mol. The van der Waals surface area contributed by atoms with Crippen molar-refractivity contribution >= 4 is 39.8 Å². The van der Waals surface area contributed by atoms with Crippen molar-refractivity contribution in [2.75, 3.05) is 31.5 Å². The minimum Gasteiger partial charge on any atom is -0.497 e. The van der Waals surface area contributed by atoms with E-state index in [0.29, 0.717) is 33.3 Å². The summed E-state index contributed by atoms with van der Waals surface area (Å²) in [5.41, 5.74) is 2.02.